The molecule has 0 saturated carbocycles. The molecule has 0 aromatic rings. The molecule has 1 amide bonds. The van der Waals surface area contributed by atoms with Crippen molar-refractivity contribution in [1.29, 1.82) is 0 Å². The molecule has 0 aliphatic carbocycles. The van der Waals surface area contributed by atoms with Gasteiger partial charge in [-0.05, 0) is 46.7 Å². The van der Waals surface area contributed by atoms with E-state index in [4.69, 9.17) is 0 Å². The second-order valence-corrected chi connectivity index (χ2v) is 6.55. The molecule has 1 heterocycles. The normalized spacial score (nSPS) is 17.2. The lowest BCUT2D eigenvalue weighted by Gasteiger charge is -2.34. The van der Waals surface area contributed by atoms with E-state index < -0.39 is 11.5 Å². The molecular weight excluding hydrogens is 264 g/mol. The van der Waals surface area contributed by atoms with Crippen LogP contribution in [0.15, 0.2) is 0 Å². The van der Waals surface area contributed by atoms with Crippen molar-refractivity contribution in [3.8, 4) is 0 Å². The van der Waals surface area contributed by atoms with Gasteiger partial charge < -0.3 is 15.3 Å². The van der Waals surface area contributed by atoms with Crippen molar-refractivity contribution in [2.24, 2.45) is 0 Å². The number of carboxylic acids is 1. The zero-order chi connectivity index (χ0) is 14.5. The van der Waals surface area contributed by atoms with Crippen LogP contribution in [0.3, 0.4) is 0 Å². The molecule has 0 atom stereocenters. The Kier molecular flexibility index (Phi) is 6.13. The number of nitrogens with zero attached hydrogens (tertiary/aromatic N) is 1. The summed E-state index contributed by atoms with van der Waals surface area (Å²) in [6, 6.07) is 0. The third-order valence-electron chi connectivity index (χ3n) is 3.54. The number of hydrogen-bond donors (Lipinski definition) is 2. The van der Waals surface area contributed by atoms with Crippen LogP contribution in [0.2, 0.25) is 0 Å². The number of rotatable bonds is 6. The number of aliphatic carboxylic acids is 1. The molecule has 5 nitrogen and oxygen atoms in total. The summed E-state index contributed by atoms with van der Waals surface area (Å²) in [5.41, 5.74) is -1.14. The fourth-order valence-electron chi connectivity index (χ4n) is 2.23. The van der Waals surface area contributed by atoms with Crippen LogP contribution in [0.5, 0.6) is 0 Å². The molecule has 1 fully saturated rings. The number of nitrogens with one attached hydrogen (secondary N) is 1. The number of hydrogen-bond acceptors (Lipinski definition) is 4. The van der Waals surface area contributed by atoms with E-state index in [-0.39, 0.29) is 5.91 Å². The molecule has 6 heteroatoms. The Labute approximate surface area is 119 Å². The van der Waals surface area contributed by atoms with Gasteiger partial charge in [0.15, 0.2) is 0 Å². The first-order chi connectivity index (χ1) is 8.89. The van der Waals surface area contributed by atoms with Crippen molar-refractivity contribution in [3.05, 3.63) is 0 Å². The molecule has 1 rings (SSSR count). The van der Waals surface area contributed by atoms with Crippen molar-refractivity contribution in [2.45, 2.75) is 44.4 Å². The third kappa shape index (κ3) is 4.38. The molecule has 1 aliphatic heterocycles. The summed E-state index contributed by atoms with van der Waals surface area (Å²) in [7, 11) is 0. The summed E-state index contributed by atoms with van der Waals surface area (Å²) in [6.07, 6.45) is 2.15. The highest BCUT2D eigenvalue weighted by molar-refractivity contribution is 8.00. The van der Waals surface area contributed by atoms with Gasteiger partial charge >= 0.3 is 5.97 Å². The number of amides is 1. The monoisotopic (exact) mass is 288 g/mol. The first kappa shape index (κ1) is 16.3. The van der Waals surface area contributed by atoms with E-state index in [1.807, 2.05) is 6.92 Å². The number of carboxylic acid groups (broad SMARTS) is 1. The van der Waals surface area contributed by atoms with Crippen molar-refractivity contribution in [1.82, 2.24) is 10.2 Å². The van der Waals surface area contributed by atoms with Crippen molar-refractivity contribution in [3.63, 3.8) is 0 Å². The van der Waals surface area contributed by atoms with E-state index >= 15 is 0 Å². The quantitative estimate of drug-likeness (QED) is 0.768. The number of thioether (sulfide) groups is 1. The number of carbonyl (C=O) groups excluding carboxylic acids is 1. The van der Waals surface area contributed by atoms with E-state index in [1.165, 1.54) is 4.90 Å². The topological polar surface area (TPSA) is 69.6 Å². The van der Waals surface area contributed by atoms with Crippen molar-refractivity contribution in [2.75, 3.05) is 25.4 Å². The van der Waals surface area contributed by atoms with Gasteiger partial charge in [0.1, 0.15) is 5.54 Å². The van der Waals surface area contributed by atoms with Crippen LogP contribution in [-0.4, -0.2) is 58.1 Å². The maximum Gasteiger partial charge on any atom is 0.329 e. The molecule has 19 heavy (non-hydrogen) atoms. The SMILES string of the molecule is CCN(C(=O)CSC1CCNCC1)C(C)(C)C(=O)O. The molecule has 0 bridgehead atoms. The predicted octanol–water partition coefficient (Wildman–Crippen LogP) is 1.18. The Morgan fingerprint density at radius 2 is 1.95 bits per heavy atom. The summed E-state index contributed by atoms with van der Waals surface area (Å²) in [4.78, 5) is 24.9. The highest BCUT2D eigenvalue weighted by Crippen LogP contribution is 2.22. The number of likely N-dealkylation sites (N-methyl/N-ethyl adjacent to an activating group) is 1. The summed E-state index contributed by atoms with van der Waals surface area (Å²) in [6.45, 7) is 7.40. The van der Waals surface area contributed by atoms with Crippen LogP contribution in [0.25, 0.3) is 0 Å². The third-order valence-corrected chi connectivity index (χ3v) is 4.90. The smallest absolute Gasteiger partial charge is 0.329 e. The van der Waals surface area contributed by atoms with Crippen LogP contribution in [0.4, 0.5) is 0 Å². The van der Waals surface area contributed by atoms with E-state index in [2.05, 4.69) is 5.32 Å². The standard InChI is InChI=1S/C13H24N2O3S/c1-4-15(13(2,3)12(17)18)11(16)9-19-10-5-7-14-8-6-10/h10,14H,4-9H2,1-3H3,(H,17,18). The Morgan fingerprint density at radius 1 is 1.37 bits per heavy atom. The summed E-state index contributed by atoms with van der Waals surface area (Å²) < 4.78 is 0. The van der Waals surface area contributed by atoms with Gasteiger partial charge in [0.05, 0.1) is 5.75 Å². The maximum atomic E-state index is 12.2. The van der Waals surface area contributed by atoms with Crippen LogP contribution >= 0.6 is 11.8 Å². The van der Waals surface area contributed by atoms with E-state index in [9.17, 15) is 14.7 Å². The lowest BCUT2D eigenvalue weighted by atomic mass is 10.0. The van der Waals surface area contributed by atoms with Crippen LogP contribution in [0, 0.1) is 0 Å². The zero-order valence-corrected chi connectivity index (χ0v) is 12.8. The van der Waals surface area contributed by atoms with Gasteiger partial charge in [-0.2, -0.15) is 0 Å². The molecule has 0 unspecified atom stereocenters. The Morgan fingerprint density at radius 3 is 2.42 bits per heavy atom. The van der Waals surface area contributed by atoms with E-state index in [0.29, 0.717) is 17.5 Å². The van der Waals surface area contributed by atoms with Crippen molar-refractivity contribution < 1.29 is 14.7 Å². The summed E-state index contributed by atoms with van der Waals surface area (Å²) >= 11 is 1.65. The molecule has 0 radical (unpaired) electrons. The molecule has 1 saturated heterocycles. The fraction of sp³-hybridized carbons (Fsp3) is 0.846. The van der Waals surface area contributed by atoms with Gasteiger partial charge in [-0.15, -0.1) is 11.8 Å². The van der Waals surface area contributed by atoms with Crippen LogP contribution in [-0.2, 0) is 9.59 Å². The van der Waals surface area contributed by atoms with Crippen LogP contribution < -0.4 is 5.32 Å². The number of piperidine rings is 1. The van der Waals surface area contributed by atoms with E-state index in [0.717, 1.165) is 25.9 Å². The first-order valence-electron chi connectivity index (χ1n) is 6.75. The minimum Gasteiger partial charge on any atom is -0.480 e. The number of carbonyl (C=O) groups is 2. The molecule has 2 N–H and O–H groups in total. The minimum absolute atomic E-state index is 0.0848. The van der Waals surface area contributed by atoms with Gasteiger partial charge in [0, 0.05) is 11.8 Å². The molecule has 0 aromatic carbocycles. The summed E-state index contributed by atoms with van der Waals surface area (Å²) in [5, 5.41) is 13.0. The summed E-state index contributed by atoms with van der Waals surface area (Å²) in [5.74, 6) is -0.678. The average Bonchev–Trinajstić information content (AvgIpc) is 2.38. The van der Waals surface area contributed by atoms with Crippen molar-refractivity contribution >= 4 is 23.6 Å². The molecular formula is C13H24N2O3S. The highest BCUT2D eigenvalue weighted by atomic mass is 32.2. The largest absolute Gasteiger partial charge is 0.480 e. The predicted molar refractivity (Wildman–Crippen MR) is 77.5 cm³/mol. The van der Waals surface area contributed by atoms with Gasteiger partial charge in [0.2, 0.25) is 5.91 Å². The second kappa shape index (κ2) is 7.14. The lowest BCUT2D eigenvalue weighted by molar-refractivity contribution is -0.155. The molecule has 0 aromatic heterocycles. The average molecular weight is 288 g/mol. The Balaban J connectivity index is 2.52. The van der Waals surface area contributed by atoms with Crippen LogP contribution in [0.1, 0.15) is 33.6 Å². The van der Waals surface area contributed by atoms with Gasteiger partial charge in [-0.1, -0.05) is 0 Å². The highest BCUT2D eigenvalue weighted by Gasteiger charge is 2.36. The maximum absolute atomic E-state index is 12.2. The lowest BCUT2D eigenvalue weighted by Crippen LogP contribution is -2.53. The zero-order valence-electron chi connectivity index (χ0n) is 11.9. The minimum atomic E-state index is -1.14. The molecule has 1 aliphatic rings. The molecule has 110 valence electrons. The first-order valence-corrected chi connectivity index (χ1v) is 7.80. The van der Waals surface area contributed by atoms with E-state index in [1.54, 1.807) is 25.6 Å². The Bertz CT molecular complexity index is 328. The van der Waals surface area contributed by atoms with Gasteiger partial charge in [-0.3, -0.25) is 4.79 Å². The Hall–Kier alpha value is -0.750. The second-order valence-electron chi connectivity index (χ2n) is 5.26. The van der Waals surface area contributed by atoms with Gasteiger partial charge in [0.25, 0.3) is 0 Å². The fourth-order valence-corrected chi connectivity index (χ4v) is 3.33. The molecule has 0 spiro atoms. The van der Waals surface area contributed by atoms with Gasteiger partial charge in [-0.25, -0.2) is 4.79 Å².